The van der Waals surface area contributed by atoms with Crippen LogP contribution < -0.4 is 4.74 Å². The molecule has 0 heterocycles. The molecule has 0 aliphatic heterocycles. The second kappa shape index (κ2) is 12.6. The zero-order valence-corrected chi connectivity index (χ0v) is 19.4. The van der Waals surface area contributed by atoms with Crippen molar-refractivity contribution in [1.29, 1.82) is 0 Å². The van der Waals surface area contributed by atoms with Crippen molar-refractivity contribution in [1.82, 2.24) is 0 Å². The normalized spacial score (nSPS) is 20.3. The topological polar surface area (TPSA) is 36.9 Å². The Morgan fingerprint density at radius 1 is 0.821 bits per heavy atom. The molecule has 0 atom stereocenters. The molecule has 5 heteroatoms. The average molecular weight is 409 g/mol. The minimum absolute atomic E-state index is 0.620. The molecule has 160 valence electrons. The van der Waals surface area contributed by atoms with Crippen molar-refractivity contribution < 1.29 is 18.0 Å². The number of hydrogen-bond donors (Lipinski definition) is 0. The molecule has 0 bridgehead atoms. The van der Waals surface area contributed by atoms with Gasteiger partial charge in [0.15, 0.2) is 0 Å². The fourth-order valence-corrected chi connectivity index (χ4v) is 6.80. The lowest BCUT2D eigenvalue weighted by atomic mass is 9.78. The lowest BCUT2D eigenvalue weighted by molar-refractivity contribution is 0.0696. The van der Waals surface area contributed by atoms with Crippen LogP contribution in [0, 0.1) is 5.92 Å². The quantitative estimate of drug-likeness (QED) is 0.288. The van der Waals surface area contributed by atoms with Crippen molar-refractivity contribution in [3.05, 3.63) is 29.8 Å². The zero-order valence-electron chi connectivity index (χ0n) is 18.4. The maximum Gasteiger partial charge on any atom is 0.501 e. The molecule has 0 saturated heterocycles. The largest absolute Gasteiger partial charge is 0.501 e. The smallest absolute Gasteiger partial charge is 0.494 e. The van der Waals surface area contributed by atoms with Crippen LogP contribution in [0.5, 0.6) is 5.75 Å². The van der Waals surface area contributed by atoms with Crippen LogP contribution in [0.1, 0.15) is 77.7 Å². The lowest BCUT2D eigenvalue weighted by Crippen LogP contribution is -2.46. The van der Waals surface area contributed by atoms with Crippen molar-refractivity contribution in [3.8, 4) is 5.75 Å². The Morgan fingerprint density at radius 3 is 1.89 bits per heavy atom. The molecule has 0 radical (unpaired) electrons. The predicted molar refractivity (Wildman–Crippen MR) is 117 cm³/mol. The van der Waals surface area contributed by atoms with E-state index < -0.39 is 8.80 Å². The van der Waals surface area contributed by atoms with E-state index in [0.29, 0.717) is 26.4 Å². The van der Waals surface area contributed by atoms with Gasteiger partial charge in [-0.05, 0) is 82.4 Å². The molecule has 2 rings (SSSR count). The first-order valence-corrected chi connectivity index (χ1v) is 13.2. The van der Waals surface area contributed by atoms with Gasteiger partial charge < -0.3 is 18.0 Å². The van der Waals surface area contributed by atoms with Gasteiger partial charge in [-0.2, -0.15) is 0 Å². The highest BCUT2D eigenvalue weighted by Crippen LogP contribution is 2.37. The van der Waals surface area contributed by atoms with Gasteiger partial charge in [-0.3, -0.25) is 0 Å². The number of hydrogen-bond acceptors (Lipinski definition) is 4. The first-order valence-electron chi connectivity index (χ1n) is 11.3. The van der Waals surface area contributed by atoms with Gasteiger partial charge in [0.2, 0.25) is 0 Å². The molecule has 1 aromatic carbocycles. The second-order valence-electron chi connectivity index (χ2n) is 7.63. The van der Waals surface area contributed by atoms with E-state index in [9.17, 15) is 0 Å². The van der Waals surface area contributed by atoms with E-state index in [1.165, 1.54) is 37.7 Å². The number of rotatable bonds is 13. The Labute approximate surface area is 173 Å². The summed E-state index contributed by atoms with van der Waals surface area (Å²) in [5.74, 6) is 2.62. The van der Waals surface area contributed by atoms with Gasteiger partial charge in [0.05, 0.1) is 6.61 Å². The third-order valence-electron chi connectivity index (χ3n) is 5.76. The molecule has 1 aliphatic carbocycles. The van der Waals surface area contributed by atoms with Crippen LogP contribution in [0.3, 0.4) is 0 Å². The summed E-state index contributed by atoms with van der Waals surface area (Å²) >= 11 is 0. The van der Waals surface area contributed by atoms with Crippen molar-refractivity contribution in [3.63, 3.8) is 0 Å². The summed E-state index contributed by atoms with van der Waals surface area (Å²) in [5.41, 5.74) is 1.47. The highest BCUT2D eigenvalue weighted by Gasteiger charge is 2.39. The molecule has 0 aromatic heterocycles. The average Bonchev–Trinajstić information content (AvgIpc) is 2.72. The molecule has 1 aromatic rings. The lowest BCUT2D eigenvalue weighted by Gasteiger charge is -2.28. The Kier molecular flexibility index (Phi) is 10.6. The van der Waals surface area contributed by atoms with Gasteiger partial charge >= 0.3 is 8.80 Å². The summed E-state index contributed by atoms with van der Waals surface area (Å²) in [6.45, 7) is 10.8. The molecule has 1 fully saturated rings. The molecular weight excluding hydrogens is 368 g/mol. The second-order valence-corrected chi connectivity index (χ2v) is 10.4. The van der Waals surface area contributed by atoms with E-state index in [2.05, 4.69) is 31.2 Å². The Bertz CT molecular complexity index is 509. The summed E-state index contributed by atoms with van der Waals surface area (Å²) in [5, 5.41) is 0. The van der Waals surface area contributed by atoms with Crippen molar-refractivity contribution in [2.24, 2.45) is 5.92 Å². The summed E-state index contributed by atoms with van der Waals surface area (Å²) in [4.78, 5) is 0. The van der Waals surface area contributed by atoms with E-state index in [4.69, 9.17) is 18.0 Å². The van der Waals surface area contributed by atoms with E-state index >= 15 is 0 Å². The third kappa shape index (κ3) is 7.18. The molecule has 1 aliphatic rings. The molecule has 1 saturated carbocycles. The van der Waals surface area contributed by atoms with Gasteiger partial charge in [-0.25, -0.2) is 0 Å². The highest BCUT2D eigenvalue weighted by molar-refractivity contribution is 6.60. The highest BCUT2D eigenvalue weighted by atomic mass is 28.4. The van der Waals surface area contributed by atoms with E-state index in [1.54, 1.807) is 0 Å². The van der Waals surface area contributed by atoms with Crippen molar-refractivity contribution in [2.75, 3.05) is 26.4 Å². The van der Waals surface area contributed by atoms with Crippen LogP contribution in [0.2, 0.25) is 6.04 Å². The van der Waals surface area contributed by atoms with Gasteiger partial charge in [0, 0.05) is 25.9 Å². The van der Waals surface area contributed by atoms with E-state index in [0.717, 1.165) is 30.1 Å². The van der Waals surface area contributed by atoms with Crippen molar-refractivity contribution >= 4 is 8.80 Å². The maximum atomic E-state index is 5.97. The Hall–Kier alpha value is -0.883. The molecule has 28 heavy (non-hydrogen) atoms. The minimum Gasteiger partial charge on any atom is -0.494 e. The van der Waals surface area contributed by atoms with E-state index in [1.807, 2.05) is 20.8 Å². The summed E-state index contributed by atoms with van der Waals surface area (Å²) in [6.07, 6.45) is 7.62. The van der Waals surface area contributed by atoms with Crippen LogP contribution in [-0.4, -0.2) is 35.2 Å². The monoisotopic (exact) mass is 408 g/mol. The van der Waals surface area contributed by atoms with Crippen molar-refractivity contribution in [2.45, 2.75) is 78.2 Å². The molecule has 4 nitrogen and oxygen atoms in total. The zero-order chi connectivity index (χ0) is 20.2. The molecule has 0 unspecified atom stereocenters. The number of ether oxygens (including phenoxy) is 1. The van der Waals surface area contributed by atoms with Crippen LogP contribution in [0.4, 0.5) is 0 Å². The van der Waals surface area contributed by atoms with Gasteiger partial charge in [-0.1, -0.05) is 25.5 Å². The summed E-state index contributed by atoms with van der Waals surface area (Å²) in [6, 6.07) is 9.55. The predicted octanol–water partition coefficient (Wildman–Crippen LogP) is 6.19. The molecule has 0 amide bonds. The Morgan fingerprint density at radius 2 is 1.39 bits per heavy atom. The SMILES string of the molecule is CCO[Si](CCCOc1ccc([C@H]2CC[C@H](CC)CC2)cc1)(OCC)OCC. The van der Waals surface area contributed by atoms with Crippen LogP contribution >= 0.6 is 0 Å². The van der Waals surface area contributed by atoms with Crippen LogP contribution in [0.25, 0.3) is 0 Å². The first-order chi connectivity index (χ1) is 13.7. The standard InChI is InChI=1S/C23H40O4Si/c1-5-20-10-12-21(13-11-20)22-14-16-23(17-15-22)24-18-9-19-28(25-6-2,26-7-3)27-8-4/h14-17,20-21H,5-13,18-19H2,1-4H3/t20-,21-. The third-order valence-corrected chi connectivity index (χ3v) is 8.92. The minimum atomic E-state index is -2.55. The van der Waals surface area contributed by atoms with Gasteiger partial charge in [-0.15, -0.1) is 0 Å². The first kappa shape index (κ1) is 23.4. The molecule has 0 N–H and O–H groups in total. The fraction of sp³-hybridized carbons (Fsp3) is 0.739. The van der Waals surface area contributed by atoms with E-state index in [-0.39, 0.29) is 0 Å². The van der Waals surface area contributed by atoms with Crippen LogP contribution in [0.15, 0.2) is 24.3 Å². The number of benzene rings is 1. The maximum absolute atomic E-state index is 5.97. The summed E-state index contributed by atoms with van der Waals surface area (Å²) in [7, 11) is -2.55. The Balaban J connectivity index is 1.78. The molecule has 0 spiro atoms. The van der Waals surface area contributed by atoms with Gasteiger partial charge in [0.25, 0.3) is 0 Å². The van der Waals surface area contributed by atoms with Crippen LogP contribution in [-0.2, 0) is 13.3 Å². The molecular formula is C23H40O4Si. The fourth-order valence-electron chi connectivity index (χ4n) is 4.22. The summed E-state index contributed by atoms with van der Waals surface area (Å²) < 4.78 is 23.7. The van der Waals surface area contributed by atoms with Gasteiger partial charge in [0.1, 0.15) is 5.75 Å².